The monoisotopic (exact) mass is 292 g/mol. The third kappa shape index (κ3) is 4.11. The van der Waals surface area contributed by atoms with E-state index in [9.17, 15) is 4.79 Å². The van der Waals surface area contributed by atoms with Crippen LogP contribution in [0.5, 0.6) is 11.5 Å². The minimum Gasteiger partial charge on any atom is -0.497 e. The minimum atomic E-state index is -0.169. The van der Waals surface area contributed by atoms with E-state index in [0.29, 0.717) is 12.6 Å². The van der Waals surface area contributed by atoms with Crippen molar-refractivity contribution >= 4 is 5.91 Å². The zero-order chi connectivity index (χ0) is 15.4. The molecule has 1 aromatic rings. The summed E-state index contributed by atoms with van der Waals surface area (Å²) < 4.78 is 10.6. The Hall–Kier alpha value is -1.75. The number of methoxy groups -OCH3 is 2. The van der Waals surface area contributed by atoms with Crippen LogP contribution in [0.3, 0.4) is 0 Å². The number of carbonyl (C=O) groups excluding carboxylic acids is 1. The van der Waals surface area contributed by atoms with E-state index in [1.807, 2.05) is 37.1 Å². The molecule has 1 aliphatic rings. The summed E-state index contributed by atoms with van der Waals surface area (Å²) >= 11 is 0. The fraction of sp³-hybridized carbons (Fsp3) is 0.562. The lowest BCUT2D eigenvalue weighted by molar-refractivity contribution is -0.125. The second-order valence-corrected chi connectivity index (χ2v) is 5.55. The van der Waals surface area contributed by atoms with Gasteiger partial charge >= 0.3 is 0 Å². The molecule has 0 spiro atoms. The highest BCUT2D eigenvalue weighted by atomic mass is 16.5. The zero-order valence-electron chi connectivity index (χ0n) is 13.2. The van der Waals surface area contributed by atoms with Crippen LogP contribution in [-0.4, -0.2) is 44.2 Å². The third-order valence-electron chi connectivity index (χ3n) is 3.88. The standard InChI is InChI=1S/C16H24N2O3/c1-11(16(19)17-13-6-7-13)18(2)10-12-5-8-14(20-3)9-15(12)21-4/h5,8-9,11,13H,6-7,10H2,1-4H3,(H,17,19)/t11-/m0/s1. The summed E-state index contributed by atoms with van der Waals surface area (Å²) in [5.41, 5.74) is 1.03. The van der Waals surface area contributed by atoms with Gasteiger partial charge in [0.25, 0.3) is 0 Å². The van der Waals surface area contributed by atoms with E-state index in [1.54, 1.807) is 14.2 Å². The van der Waals surface area contributed by atoms with E-state index in [1.165, 1.54) is 0 Å². The van der Waals surface area contributed by atoms with Gasteiger partial charge < -0.3 is 14.8 Å². The maximum atomic E-state index is 12.1. The van der Waals surface area contributed by atoms with Crippen LogP contribution in [0.4, 0.5) is 0 Å². The van der Waals surface area contributed by atoms with Crippen LogP contribution in [0.25, 0.3) is 0 Å². The van der Waals surface area contributed by atoms with Gasteiger partial charge in [0, 0.05) is 24.2 Å². The quantitative estimate of drug-likeness (QED) is 0.832. The Kier molecular flexibility index (Phi) is 5.07. The van der Waals surface area contributed by atoms with Gasteiger partial charge in [0.1, 0.15) is 11.5 Å². The Morgan fingerprint density at radius 3 is 2.67 bits per heavy atom. The van der Waals surface area contributed by atoms with Gasteiger partial charge in [-0.25, -0.2) is 0 Å². The minimum absolute atomic E-state index is 0.0903. The number of hydrogen-bond donors (Lipinski definition) is 1. The van der Waals surface area contributed by atoms with Crippen molar-refractivity contribution in [2.45, 2.75) is 38.4 Å². The van der Waals surface area contributed by atoms with Crippen molar-refractivity contribution in [2.75, 3.05) is 21.3 Å². The predicted octanol–water partition coefficient (Wildman–Crippen LogP) is 1.80. The topological polar surface area (TPSA) is 50.8 Å². The average Bonchev–Trinajstić information content (AvgIpc) is 3.30. The van der Waals surface area contributed by atoms with Crippen molar-refractivity contribution in [1.29, 1.82) is 0 Å². The zero-order valence-corrected chi connectivity index (χ0v) is 13.2. The van der Waals surface area contributed by atoms with Crippen LogP contribution in [0, 0.1) is 0 Å². The van der Waals surface area contributed by atoms with Gasteiger partial charge in [-0.15, -0.1) is 0 Å². The summed E-state index contributed by atoms with van der Waals surface area (Å²) in [7, 11) is 5.22. The molecule has 0 aromatic heterocycles. The number of rotatable bonds is 7. The number of carbonyl (C=O) groups is 1. The lowest BCUT2D eigenvalue weighted by Gasteiger charge is -2.24. The number of likely N-dealkylation sites (N-methyl/N-ethyl adjacent to an activating group) is 1. The lowest BCUT2D eigenvalue weighted by Crippen LogP contribution is -2.43. The molecule has 1 saturated carbocycles. The number of amides is 1. The summed E-state index contributed by atoms with van der Waals surface area (Å²) in [6.07, 6.45) is 2.21. The molecule has 116 valence electrons. The van der Waals surface area contributed by atoms with Crippen LogP contribution < -0.4 is 14.8 Å². The Labute approximate surface area is 126 Å². The molecule has 1 aromatic carbocycles. The first kappa shape index (κ1) is 15.6. The molecule has 1 N–H and O–H groups in total. The number of hydrogen-bond acceptors (Lipinski definition) is 4. The van der Waals surface area contributed by atoms with E-state index in [4.69, 9.17) is 9.47 Å². The van der Waals surface area contributed by atoms with Crippen LogP contribution in [0.2, 0.25) is 0 Å². The largest absolute Gasteiger partial charge is 0.497 e. The number of ether oxygens (including phenoxy) is 2. The van der Waals surface area contributed by atoms with Crippen LogP contribution in [0.15, 0.2) is 18.2 Å². The SMILES string of the molecule is COc1ccc(CN(C)[C@@H](C)C(=O)NC2CC2)c(OC)c1. The van der Waals surface area contributed by atoms with E-state index in [0.717, 1.165) is 29.9 Å². The molecule has 0 heterocycles. The van der Waals surface area contributed by atoms with Gasteiger partial charge in [-0.2, -0.15) is 0 Å². The molecule has 1 amide bonds. The van der Waals surface area contributed by atoms with E-state index in [2.05, 4.69) is 5.32 Å². The highest BCUT2D eigenvalue weighted by molar-refractivity contribution is 5.81. The van der Waals surface area contributed by atoms with E-state index >= 15 is 0 Å². The predicted molar refractivity (Wildman–Crippen MR) is 81.6 cm³/mol. The highest BCUT2D eigenvalue weighted by Crippen LogP contribution is 2.26. The molecule has 5 heteroatoms. The molecule has 1 atom stereocenters. The second-order valence-electron chi connectivity index (χ2n) is 5.55. The number of benzene rings is 1. The number of nitrogens with zero attached hydrogens (tertiary/aromatic N) is 1. The van der Waals surface area contributed by atoms with Crippen molar-refractivity contribution in [1.82, 2.24) is 10.2 Å². The van der Waals surface area contributed by atoms with Crippen molar-refractivity contribution < 1.29 is 14.3 Å². The summed E-state index contributed by atoms with van der Waals surface area (Å²) in [5, 5.41) is 3.04. The molecule has 0 radical (unpaired) electrons. The first-order chi connectivity index (χ1) is 10.0. The maximum absolute atomic E-state index is 12.1. The normalized spacial score (nSPS) is 15.7. The maximum Gasteiger partial charge on any atom is 0.237 e. The van der Waals surface area contributed by atoms with E-state index in [-0.39, 0.29) is 11.9 Å². The molecular formula is C16H24N2O3. The summed E-state index contributed by atoms with van der Waals surface area (Å²) in [5.74, 6) is 1.63. The van der Waals surface area contributed by atoms with Gasteiger partial charge in [0.05, 0.1) is 20.3 Å². The Morgan fingerprint density at radius 2 is 2.10 bits per heavy atom. The van der Waals surface area contributed by atoms with Crippen molar-refractivity contribution in [2.24, 2.45) is 0 Å². The Morgan fingerprint density at radius 1 is 1.38 bits per heavy atom. The summed E-state index contributed by atoms with van der Waals surface area (Å²) in [6, 6.07) is 5.96. The fourth-order valence-electron chi connectivity index (χ4n) is 2.14. The molecule has 1 fully saturated rings. The van der Waals surface area contributed by atoms with Gasteiger partial charge in [0.2, 0.25) is 5.91 Å². The van der Waals surface area contributed by atoms with Crippen molar-refractivity contribution in [3.05, 3.63) is 23.8 Å². The highest BCUT2D eigenvalue weighted by Gasteiger charge is 2.27. The molecule has 21 heavy (non-hydrogen) atoms. The van der Waals surface area contributed by atoms with Crippen LogP contribution in [0.1, 0.15) is 25.3 Å². The summed E-state index contributed by atoms with van der Waals surface area (Å²) in [6.45, 7) is 2.57. The van der Waals surface area contributed by atoms with Crippen LogP contribution >= 0.6 is 0 Å². The van der Waals surface area contributed by atoms with Crippen molar-refractivity contribution in [3.63, 3.8) is 0 Å². The second kappa shape index (κ2) is 6.80. The Bertz CT molecular complexity index is 500. The molecule has 1 aliphatic carbocycles. The molecule has 0 bridgehead atoms. The van der Waals surface area contributed by atoms with Gasteiger partial charge in [0.15, 0.2) is 0 Å². The molecule has 5 nitrogen and oxygen atoms in total. The first-order valence-corrected chi connectivity index (χ1v) is 7.26. The fourth-order valence-corrected chi connectivity index (χ4v) is 2.14. The Balaban J connectivity index is 2.00. The van der Waals surface area contributed by atoms with Crippen LogP contribution in [-0.2, 0) is 11.3 Å². The number of nitrogens with one attached hydrogen (secondary N) is 1. The van der Waals surface area contributed by atoms with Gasteiger partial charge in [-0.05, 0) is 32.9 Å². The van der Waals surface area contributed by atoms with Crippen molar-refractivity contribution in [3.8, 4) is 11.5 Å². The van der Waals surface area contributed by atoms with Gasteiger partial charge in [-0.3, -0.25) is 9.69 Å². The lowest BCUT2D eigenvalue weighted by atomic mass is 10.1. The third-order valence-corrected chi connectivity index (χ3v) is 3.88. The summed E-state index contributed by atoms with van der Waals surface area (Å²) in [4.78, 5) is 14.1. The molecule has 2 rings (SSSR count). The molecular weight excluding hydrogens is 268 g/mol. The molecule has 0 saturated heterocycles. The van der Waals surface area contributed by atoms with Gasteiger partial charge in [-0.1, -0.05) is 6.07 Å². The molecule has 0 aliphatic heterocycles. The molecule has 0 unspecified atom stereocenters. The first-order valence-electron chi connectivity index (χ1n) is 7.26. The average molecular weight is 292 g/mol. The smallest absolute Gasteiger partial charge is 0.237 e. The van der Waals surface area contributed by atoms with E-state index < -0.39 is 0 Å².